The number of fused-ring (bicyclic) bond motifs is 1. The van der Waals surface area contributed by atoms with E-state index < -0.39 is 0 Å². The fraction of sp³-hybridized carbons (Fsp3) is 0.571. The number of nitrogens with one attached hydrogen (secondary N) is 1. The summed E-state index contributed by atoms with van der Waals surface area (Å²) in [4.78, 5) is 10.9. The minimum absolute atomic E-state index is 0.103. The van der Waals surface area contributed by atoms with Gasteiger partial charge in [0.25, 0.3) is 0 Å². The molecule has 1 aliphatic rings. The van der Waals surface area contributed by atoms with Gasteiger partial charge in [-0.3, -0.25) is 0 Å². The summed E-state index contributed by atoms with van der Waals surface area (Å²) >= 11 is 3.53. The van der Waals surface area contributed by atoms with Gasteiger partial charge in [0, 0.05) is 23.9 Å². The lowest BCUT2D eigenvalue weighted by Gasteiger charge is -2.14. The first-order valence-corrected chi connectivity index (χ1v) is 8.60. The molecule has 2 heterocycles. The Labute approximate surface area is 127 Å². The number of ether oxygens (including phenoxy) is 1. The molecule has 0 aromatic carbocycles. The average Bonchev–Trinajstić information content (AvgIpc) is 3.10. The van der Waals surface area contributed by atoms with E-state index in [0.29, 0.717) is 6.61 Å². The predicted octanol–water partition coefficient (Wildman–Crippen LogP) is 2.72. The van der Waals surface area contributed by atoms with Crippen LogP contribution in [-0.4, -0.2) is 30.2 Å². The van der Waals surface area contributed by atoms with Crippen molar-refractivity contribution in [2.75, 3.05) is 20.3 Å². The molecule has 0 saturated heterocycles. The van der Waals surface area contributed by atoms with Crippen LogP contribution in [0, 0.1) is 6.92 Å². The fourth-order valence-electron chi connectivity index (χ4n) is 2.47. The number of hydrogen-bond acceptors (Lipinski definition) is 6. The minimum atomic E-state index is 0.103. The van der Waals surface area contributed by atoms with Crippen LogP contribution in [0.3, 0.4) is 0 Å². The molecule has 0 spiro atoms. The summed E-state index contributed by atoms with van der Waals surface area (Å²) in [6, 6.07) is 0.103. The van der Waals surface area contributed by atoms with E-state index >= 15 is 0 Å². The van der Waals surface area contributed by atoms with Gasteiger partial charge < -0.3 is 10.1 Å². The Morgan fingerprint density at radius 2 is 2.30 bits per heavy atom. The maximum atomic E-state index is 5.13. The van der Waals surface area contributed by atoms with Gasteiger partial charge in [0.05, 0.1) is 23.0 Å². The molecule has 0 fully saturated rings. The van der Waals surface area contributed by atoms with Crippen molar-refractivity contribution in [3.63, 3.8) is 0 Å². The first kappa shape index (κ1) is 14.1. The third kappa shape index (κ3) is 2.93. The van der Waals surface area contributed by atoms with Crippen LogP contribution in [0.2, 0.25) is 0 Å². The van der Waals surface area contributed by atoms with E-state index in [1.165, 1.54) is 23.4 Å². The van der Waals surface area contributed by atoms with Crippen LogP contribution in [0.1, 0.15) is 38.7 Å². The smallest absolute Gasteiger partial charge is 0.116 e. The molecule has 0 radical (unpaired) electrons. The third-order valence-electron chi connectivity index (χ3n) is 3.45. The number of aromatic nitrogens is 2. The molecule has 6 heteroatoms. The van der Waals surface area contributed by atoms with E-state index in [1.807, 2.05) is 18.3 Å². The molecule has 2 aromatic heterocycles. The highest BCUT2D eigenvalue weighted by atomic mass is 32.1. The van der Waals surface area contributed by atoms with Crippen LogP contribution in [0.4, 0.5) is 0 Å². The van der Waals surface area contributed by atoms with Crippen molar-refractivity contribution < 1.29 is 4.74 Å². The highest BCUT2D eigenvalue weighted by Crippen LogP contribution is 2.33. The topological polar surface area (TPSA) is 47.0 Å². The van der Waals surface area contributed by atoms with Crippen molar-refractivity contribution in [1.82, 2.24) is 15.3 Å². The van der Waals surface area contributed by atoms with Gasteiger partial charge >= 0.3 is 0 Å². The number of aryl methyl sites for hydroxylation is 3. The average molecular weight is 309 g/mol. The Balaban J connectivity index is 1.83. The van der Waals surface area contributed by atoms with E-state index in [9.17, 15) is 0 Å². The van der Waals surface area contributed by atoms with Crippen molar-refractivity contribution in [3.05, 3.63) is 31.7 Å². The molecule has 3 rings (SSSR count). The van der Waals surface area contributed by atoms with Crippen LogP contribution < -0.4 is 5.32 Å². The maximum Gasteiger partial charge on any atom is 0.116 e. The zero-order chi connectivity index (χ0) is 13.9. The predicted molar refractivity (Wildman–Crippen MR) is 82.7 cm³/mol. The molecule has 1 aliphatic carbocycles. The maximum absolute atomic E-state index is 5.13. The van der Waals surface area contributed by atoms with Crippen LogP contribution >= 0.6 is 22.7 Å². The highest BCUT2D eigenvalue weighted by molar-refractivity contribution is 7.12. The first-order chi connectivity index (χ1) is 9.78. The van der Waals surface area contributed by atoms with Crippen molar-refractivity contribution >= 4 is 22.7 Å². The lowest BCUT2D eigenvalue weighted by molar-refractivity contribution is 0.197. The summed E-state index contributed by atoms with van der Waals surface area (Å²) < 4.78 is 5.13. The van der Waals surface area contributed by atoms with Crippen molar-refractivity contribution in [2.24, 2.45) is 0 Å². The SMILES string of the molecule is COCCNC(c1csc(C)n1)c1nc2c(s1)CCC2. The molecule has 1 atom stereocenters. The van der Waals surface area contributed by atoms with Gasteiger partial charge in [-0.1, -0.05) is 0 Å². The number of hydrogen-bond donors (Lipinski definition) is 1. The lowest BCUT2D eigenvalue weighted by atomic mass is 10.2. The summed E-state index contributed by atoms with van der Waals surface area (Å²) in [5.74, 6) is 0. The number of thiazole rings is 2. The van der Waals surface area contributed by atoms with E-state index in [-0.39, 0.29) is 6.04 Å². The quantitative estimate of drug-likeness (QED) is 0.834. The zero-order valence-electron chi connectivity index (χ0n) is 11.8. The fourth-order valence-corrected chi connectivity index (χ4v) is 4.35. The Kier molecular flexibility index (Phi) is 4.45. The normalized spacial score (nSPS) is 15.5. The van der Waals surface area contributed by atoms with Gasteiger partial charge in [-0.25, -0.2) is 9.97 Å². The molecule has 0 bridgehead atoms. The minimum Gasteiger partial charge on any atom is -0.383 e. The van der Waals surface area contributed by atoms with Gasteiger partial charge in [-0.15, -0.1) is 22.7 Å². The van der Waals surface area contributed by atoms with E-state index in [1.54, 1.807) is 18.4 Å². The molecule has 20 heavy (non-hydrogen) atoms. The molecule has 108 valence electrons. The van der Waals surface area contributed by atoms with Crippen LogP contribution in [-0.2, 0) is 17.6 Å². The molecule has 0 saturated carbocycles. The second-order valence-corrected chi connectivity index (χ2v) is 7.12. The Bertz CT molecular complexity index is 557. The van der Waals surface area contributed by atoms with E-state index in [2.05, 4.69) is 15.7 Å². The van der Waals surface area contributed by atoms with Crippen LogP contribution in [0.25, 0.3) is 0 Å². The van der Waals surface area contributed by atoms with Crippen LogP contribution in [0.5, 0.6) is 0 Å². The lowest BCUT2D eigenvalue weighted by Crippen LogP contribution is -2.26. The number of nitrogens with zero attached hydrogens (tertiary/aromatic N) is 2. The van der Waals surface area contributed by atoms with Gasteiger partial charge in [0.15, 0.2) is 0 Å². The zero-order valence-corrected chi connectivity index (χ0v) is 13.4. The summed E-state index contributed by atoms with van der Waals surface area (Å²) in [7, 11) is 1.72. The third-order valence-corrected chi connectivity index (χ3v) is 5.46. The summed E-state index contributed by atoms with van der Waals surface area (Å²) in [5.41, 5.74) is 2.38. The Hall–Kier alpha value is -0.820. The van der Waals surface area contributed by atoms with Gasteiger partial charge in [-0.2, -0.15) is 0 Å². The highest BCUT2D eigenvalue weighted by Gasteiger charge is 2.24. The monoisotopic (exact) mass is 309 g/mol. The standard InChI is InChI=1S/C14H19N3OS2/c1-9-16-11(8-19-9)13(15-6-7-18-2)14-17-10-4-3-5-12(10)20-14/h8,13,15H,3-7H2,1-2H3. The van der Waals surface area contributed by atoms with E-state index in [4.69, 9.17) is 9.72 Å². The molecule has 1 N–H and O–H groups in total. The summed E-state index contributed by atoms with van der Waals surface area (Å²) in [5, 5.41) is 7.90. The molecule has 2 aromatic rings. The second-order valence-electron chi connectivity index (χ2n) is 4.95. The van der Waals surface area contributed by atoms with Crippen molar-refractivity contribution in [1.29, 1.82) is 0 Å². The first-order valence-electron chi connectivity index (χ1n) is 6.90. The Morgan fingerprint density at radius 1 is 1.40 bits per heavy atom. The molecular weight excluding hydrogens is 290 g/mol. The molecular formula is C14H19N3OS2. The number of methoxy groups -OCH3 is 1. The molecule has 0 amide bonds. The largest absolute Gasteiger partial charge is 0.383 e. The second kappa shape index (κ2) is 6.30. The van der Waals surface area contributed by atoms with Crippen LogP contribution in [0.15, 0.2) is 5.38 Å². The van der Waals surface area contributed by atoms with E-state index in [0.717, 1.165) is 28.7 Å². The summed E-state index contributed by atoms with van der Waals surface area (Å²) in [6.45, 7) is 3.55. The number of rotatable bonds is 6. The molecule has 4 nitrogen and oxygen atoms in total. The molecule has 1 unspecified atom stereocenters. The Morgan fingerprint density at radius 3 is 3.00 bits per heavy atom. The van der Waals surface area contributed by atoms with Crippen molar-refractivity contribution in [3.8, 4) is 0 Å². The van der Waals surface area contributed by atoms with Crippen molar-refractivity contribution in [2.45, 2.75) is 32.2 Å². The van der Waals surface area contributed by atoms with Gasteiger partial charge in [0.2, 0.25) is 0 Å². The molecule has 0 aliphatic heterocycles. The summed E-state index contributed by atoms with van der Waals surface area (Å²) in [6.07, 6.45) is 3.58. The van der Waals surface area contributed by atoms with Gasteiger partial charge in [0.1, 0.15) is 11.0 Å². The van der Waals surface area contributed by atoms with Gasteiger partial charge in [-0.05, 0) is 26.2 Å².